The van der Waals surface area contributed by atoms with Crippen LogP contribution < -0.4 is 0 Å². The van der Waals surface area contributed by atoms with Crippen molar-refractivity contribution in [3.8, 4) is 0 Å². The quantitative estimate of drug-likeness (QED) is 0.401. The third-order valence-electron chi connectivity index (χ3n) is 16.3. The molecule has 2 spiro atoms. The Morgan fingerprint density at radius 2 is 1.56 bits per heavy atom. The number of nitrogens with zero attached hydrogens (tertiary/aromatic N) is 2. The number of hydrogen-bond donors (Lipinski definition) is 1. The van der Waals surface area contributed by atoms with E-state index in [2.05, 4.69) is 34.6 Å². The molecule has 8 rings (SSSR count). The predicted molar refractivity (Wildman–Crippen MR) is 180 cm³/mol. The molecule has 3 aliphatic heterocycles. The zero-order chi connectivity index (χ0) is 34.2. The van der Waals surface area contributed by atoms with Gasteiger partial charge in [0.25, 0.3) is 0 Å². The van der Waals surface area contributed by atoms with E-state index in [4.69, 9.17) is 18.9 Å². The third kappa shape index (κ3) is 4.47. The number of ether oxygens (including phenoxy) is 4. The van der Waals surface area contributed by atoms with Gasteiger partial charge in [0.15, 0.2) is 6.29 Å². The van der Waals surface area contributed by atoms with Crippen LogP contribution in [-0.4, -0.2) is 96.5 Å². The van der Waals surface area contributed by atoms with Crippen molar-refractivity contribution >= 4 is 12.0 Å². The molecule has 0 radical (unpaired) electrons. The van der Waals surface area contributed by atoms with Crippen molar-refractivity contribution in [2.24, 2.45) is 56.7 Å². The maximum atomic E-state index is 13.4. The minimum Gasteiger partial charge on any atom is -0.444 e. The average molecular weight is 671 g/mol. The molecule has 9 heteroatoms. The molecular weight excluding hydrogens is 608 g/mol. The topological polar surface area (TPSA) is 97.8 Å². The van der Waals surface area contributed by atoms with Gasteiger partial charge in [-0.3, -0.25) is 4.79 Å². The number of hydrogen-bond acceptors (Lipinski definition) is 7. The smallest absolute Gasteiger partial charge is 0.410 e. The summed E-state index contributed by atoms with van der Waals surface area (Å²) in [6.45, 7) is 20.9. The molecule has 8 aliphatic rings. The van der Waals surface area contributed by atoms with Gasteiger partial charge < -0.3 is 33.9 Å². The van der Waals surface area contributed by atoms with Gasteiger partial charge in [0.05, 0.1) is 37.4 Å². The van der Waals surface area contributed by atoms with Crippen LogP contribution in [0.4, 0.5) is 4.79 Å². The van der Waals surface area contributed by atoms with Gasteiger partial charge in [0, 0.05) is 31.7 Å². The zero-order valence-electron chi connectivity index (χ0n) is 30.9. The lowest BCUT2D eigenvalue weighted by Crippen LogP contribution is -2.61. The summed E-state index contributed by atoms with van der Waals surface area (Å²) in [5.41, 5.74) is 0.115. The highest BCUT2D eigenvalue weighted by Gasteiger charge is 2.84. The minimum atomic E-state index is -0.547. The second-order valence-electron chi connectivity index (χ2n) is 19.6. The van der Waals surface area contributed by atoms with Crippen molar-refractivity contribution in [1.29, 1.82) is 0 Å². The molecule has 8 fully saturated rings. The highest BCUT2D eigenvalue weighted by Crippen LogP contribution is 2.89. The van der Waals surface area contributed by atoms with Crippen LogP contribution in [0.3, 0.4) is 0 Å². The largest absolute Gasteiger partial charge is 0.444 e. The molecule has 0 aromatic heterocycles. The van der Waals surface area contributed by atoms with Gasteiger partial charge in [-0.25, -0.2) is 4.79 Å². The molecule has 5 saturated carbocycles. The number of carbonyl (C=O) groups excluding carboxylic acids is 2. The number of aliphatic hydroxyl groups is 1. The number of fused-ring (bicyclic) bond motifs is 4. The Morgan fingerprint density at radius 3 is 2.29 bits per heavy atom. The van der Waals surface area contributed by atoms with Crippen LogP contribution in [0.1, 0.15) is 107 Å². The van der Waals surface area contributed by atoms with Gasteiger partial charge in [-0.05, 0) is 117 Å². The van der Waals surface area contributed by atoms with Gasteiger partial charge in [-0.2, -0.15) is 0 Å². The highest BCUT2D eigenvalue weighted by atomic mass is 16.7. The van der Waals surface area contributed by atoms with Crippen LogP contribution in [0.25, 0.3) is 0 Å². The Hall–Kier alpha value is -1.42. The van der Waals surface area contributed by atoms with Crippen molar-refractivity contribution in [2.75, 3.05) is 39.4 Å². The van der Waals surface area contributed by atoms with Crippen LogP contribution >= 0.6 is 0 Å². The van der Waals surface area contributed by atoms with Gasteiger partial charge in [-0.15, -0.1) is 0 Å². The van der Waals surface area contributed by atoms with Crippen LogP contribution in [0.2, 0.25) is 0 Å². The monoisotopic (exact) mass is 670 g/mol. The summed E-state index contributed by atoms with van der Waals surface area (Å²) in [6, 6.07) is 0. The van der Waals surface area contributed by atoms with Gasteiger partial charge in [0.2, 0.25) is 5.91 Å². The van der Waals surface area contributed by atoms with Crippen molar-refractivity contribution in [1.82, 2.24) is 9.80 Å². The first kappa shape index (κ1) is 33.7. The third-order valence-corrected chi connectivity index (χ3v) is 16.3. The summed E-state index contributed by atoms with van der Waals surface area (Å²) in [6.07, 6.45) is 8.39. The lowest BCUT2D eigenvalue weighted by molar-refractivity contribution is -0.248. The molecule has 5 aliphatic carbocycles. The second kappa shape index (κ2) is 10.8. The van der Waals surface area contributed by atoms with E-state index in [9.17, 15) is 14.7 Å². The number of aliphatic hydroxyl groups excluding tert-OH is 1. The fourth-order valence-corrected chi connectivity index (χ4v) is 13.8. The Kier molecular flexibility index (Phi) is 7.58. The van der Waals surface area contributed by atoms with Crippen molar-refractivity contribution < 1.29 is 33.6 Å². The van der Waals surface area contributed by atoms with E-state index in [1.54, 1.807) is 4.90 Å². The molecule has 0 aromatic carbocycles. The SMILES string of the molecule is C[C@@H]1CCOC2C1C1(C)CCC34CC35CCC(OC3CN(C(=O)C6CN(C(=O)OC(C)(C)C)C6)CCO3)C(C)(C)[C@@H]5CCC4[C@]1(C)[C@H]2O. The van der Waals surface area contributed by atoms with Gasteiger partial charge in [-0.1, -0.05) is 34.6 Å². The first-order chi connectivity index (χ1) is 22.5. The molecule has 48 heavy (non-hydrogen) atoms. The molecule has 0 aromatic rings. The predicted octanol–water partition coefficient (Wildman–Crippen LogP) is 5.87. The normalized spacial score (nSPS) is 49.4. The summed E-state index contributed by atoms with van der Waals surface area (Å²) in [5, 5.41) is 12.1. The molecule has 1 N–H and O–H groups in total. The van der Waals surface area contributed by atoms with Crippen LogP contribution in [0, 0.1) is 56.7 Å². The molecular formula is C39H62N2O7. The first-order valence-electron chi connectivity index (χ1n) is 19.3. The van der Waals surface area contributed by atoms with Gasteiger partial charge >= 0.3 is 6.09 Å². The van der Waals surface area contributed by atoms with E-state index in [-0.39, 0.29) is 52.5 Å². The lowest BCUT2D eigenvalue weighted by atomic mass is 9.41. The molecule has 8 unspecified atom stereocenters. The summed E-state index contributed by atoms with van der Waals surface area (Å²) >= 11 is 0. The standard InChI is InChI=1S/C39H62N2O7/c1-23-12-17-46-30-29(23)36(7)14-15-39-22-38(39)13-11-27(35(5,6)25(38)9-10-26(39)37(36,8)31(30)42)47-28-21-40(16-18-45-28)32(43)24-19-41(20-24)33(44)48-34(2,3)4/h23-31,42H,9-22H2,1-8H3/t23-,25+,26?,27?,28?,29?,30?,31+,36?,37-,38?,39?/m1/s1. The van der Waals surface area contributed by atoms with Crippen LogP contribution in [-0.2, 0) is 23.7 Å². The van der Waals surface area contributed by atoms with E-state index >= 15 is 0 Å². The summed E-state index contributed by atoms with van der Waals surface area (Å²) in [7, 11) is 0. The number of likely N-dealkylation sites (tertiary alicyclic amines) is 1. The zero-order valence-corrected chi connectivity index (χ0v) is 30.9. The second-order valence-corrected chi connectivity index (χ2v) is 19.6. The number of carbonyl (C=O) groups is 2. The number of amides is 2. The van der Waals surface area contributed by atoms with Crippen molar-refractivity contribution in [3.05, 3.63) is 0 Å². The van der Waals surface area contributed by atoms with E-state index in [1.165, 1.54) is 38.5 Å². The molecule has 3 heterocycles. The molecule has 2 amide bonds. The molecule has 12 atom stereocenters. The van der Waals surface area contributed by atoms with Crippen molar-refractivity contribution in [3.63, 3.8) is 0 Å². The Labute approximate surface area is 288 Å². The number of rotatable bonds is 3. The summed E-state index contributed by atoms with van der Waals surface area (Å²) < 4.78 is 24.9. The highest BCUT2D eigenvalue weighted by molar-refractivity contribution is 5.82. The van der Waals surface area contributed by atoms with E-state index < -0.39 is 11.9 Å². The molecule has 0 bridgehead atoms. The van der Waals surface area contributed by atoms with Gasteiger partial charge in [0.1, 0.15) is 5.60 Å². The molecule has 3 saturated heterocycles. The minimum absolute atomic E-state index is 0.00812. The molecule has 9 nitrogen and oxygen atoms in total. The van der Waals surface area contributed by atoms with E-state index in [0.29, 0.717) is 67.3 Å². The van der Waals surface area contributed by atoms with E-state index in [1.807, 2.05) is 25.7 Å². The first-order valence-corrected chi connectivity index (χ1v) is 19.3. The fraction of sp³-hybridized carbons (Fsp3) is 0.949. The van der Waals surface area contributed by atoms with Crippen molar-refractivity contribution in [2.45, 2.75) is 137 Å². The molecule has 270 valence electrons. The number of morpholine rings is 1. The maximum absolute atomic E-state index is 13.4. The Morgan fingerprint density at radius 1 is 0.854 bits per heavy atom. The summed E-state index contributed by atoms with van der Waals surface area (Å²) in [5.74, 6) is 2.07. The summed E-state index contributed by atoms with van der Waals surface area (Å²) in [4.78, 5) is 29.3. The maximum Gasteiger partial charge on any atom is 0.410 e. The average Bonchev–Trinajstić information content (AvgIpc) is 3.62. The fourth-order valence-electron chi connectivity index (χ4n) is 13.8. The Balaban J connectivity index is 0.928. The lowest BCUT2D eigenvalue weighted by Gasteiger charge is -2.63. The van der Waals surface area contributed by atoms with E-state index in [0.717, 1.165) is 19.4 Å². The van der Waals surface area contributed by atoms with Crippen LogP contribution in [0.5, 0.6) is 0 Å². The van der Waals surface area contributed by atoms with Crippen LogP contribution in [0.15, 0.2) is 0 Å². The Bertz CT molecular complexity index is 1330.